The number of hydrogen-bond donors (Lipinski definition) is 5. The summed E-state index contributed by atoms with van der Waals surface area (Å²) in [6.07, 6.45) is -4.19. The van der Waals surface area contributed by atoms with Crippen LogP contribution in [0.3, 0.4) is 0 Å². The zero-order valence-electron chi connectivity index (χ0n) is 15.6. The van der Waals surface area contributed by atoms with E-state index in [1.54, 1.807) is 24.3 Å². The molecule has 1 heterocycles. The molecule has 3 aromatic rings. The summed E-state index contributed by atoms with van der Waals surface area (Å²) in [5.41, 5.74) is -0.722. The molecule has 11 heteroatoms. The van der Waals surface area contributed by atoms with Gasteiger partial charge in [0.2, 0.25) is 5.88 Å². The Bertz CT molecular complexity index is 1140. The number of carbonyl (C=O) groups excluding carboxylic acids is 1. The number of nitrogens with one attached hydrogen (secondary N) is 4. The summed E-state index contributed by atoms with van der Waals surface area (Å²) in [6.45, 7) is 0. The predicted molar refractivity (Wildman–Crippen MR) is 111 cm³/mol. The topological polar surface area (TPSA) is 114 Å². The summed E-state index contributed by atoms with van der Waals surface area (Å²) in [6, 6.07) is 13.3. The molecule has 0 spiro atoms. The van der Waals surface area contributed by atoms with Crippen molar-refractivity contribution in [3.8, 4) is 5.88 Å². The molecule has 0 radical (unpaired) electrons. The second kappa shape index (κ2) is 8.92. The van der Waals surface area contributed by atoms with Gasteiger partial charge >= 0.3 is 6.18 Å². The Kier molecular flexibility index (Phi) is 6.30. The zero-order chi connectivity index (χ0) is 22.6. The Balaban J connectivity index is 1.88. The number of amides is 1. The van der Waals surface area contributed by atoms with E-state index in [1.807, 2.05) is 0 Å². The van der Waals surface area contributed by atoms with E-state index >= 15 is 0 Å². The molecule has 0 unspecified atom stereocenters. The minimum absolute atomic E-state index is 0.0270. The first-order chi connectivity index (χ1) is 14.6. The van der Waals surface area contributed by atoms with Crippen molar-refractivity contribution in [2.75, 3.05) is 10.6 Å². The number of H-pyrrole nitrogens is 1. The fraction of sp³-hybridized carbons (Fsp3) is 0.0500. The van der Waals surface area contributed by atoms with Crippen LogP contribution >= 0.6 is 11.6 Å². The van der Waals surface area contributed by atoms with Crippen molar-refractivity contribution in [3.63, 3.8) is 0 Å². The van der Waals surface area contributed by atoms with Crippen LogP contribution in [0.2, 0.25) is 5.02 Å². The second-order valence-corrected chi connectivity index (χ2v) is 6.65. The Hall–Kier alpha value is -3.79. The summed E-state index contributed by atoms with van der Waals surface area (Å²) in [5, 5.41) is 27.9. The smallest absolute Gasteiger partial charge is 0.432 e. The zero-order valence-corrected chi connectivity index (χ0v) is 16.3. The lowest BCUT2D eigenvalue weighted by atomic mass is 10.1. The van der Waals surface area contributed by atoms with Crippen LogP contribution in [0.15, 0.2) is 60.7 Å². The number of para-hydroxylation sites is 1. The first-order valence-electron chi connectivity index (χ1n) is 8.68. The molecule has 5 N–H and O–H groups in total. The van der Waals surface area contributed by atoms with E-state index in [4.69, 9.17) is 17.0 Å². The number of aromatic amines is 1. The van der Waals surface area contributed by atoms with Gasteiger partial charge in [-0.2, -0.15) is 13.2 Å². The molecule has 0 bridgehead atoms. The highest BCUT2D eigenvalue weighted by molar-refractivity contribution is 6.33. The molecular formula is C20H15ClF3N5O2. The van der Waals surface area contributed by atoms with E-state index in [2.05, 4.69) is 20.8 Å². The summed E-state index contributed by atoms with van der Waals surface area (Å²) >= 11 is 6.08. The van der Waals surface area contributed by atoms with E-state index in [0.717, 1.165) is 0 Å². The van der Waals surface area contributed by atoms with E-state index in [9.17, 15) is 23.1 Å². The van der Waals surface area contributed by atoms with Gasteiger partial charge in [0.25, 0.3) is 5.91 Å². The van der Waals surface area contributed by atoms with Crippen molar-refractivity contribution in [2.45, 2.75) is 6.18 Å². The van der Waals surface area contributed by atoms with Gasteiger partial charge in [0.15, 0.2) is 0 Å². The lowest BCUT2D eigenvalue weighted by molar-refractivity contribution is -0.0583. The fourth-order valence-corrected chi connectivity index (χ4v) is 2.68. The van der Waals surface area contributed by atoms with Gasteiger partial charge in [-0.1, -0.05) is 35.9 Å². The number of alkyl halides is 3. The molecule has 1 aromatic heterocycles. The number of allylic oxidation sites excluding steroid dienone is 1. The van der Waals surface area contributed by atoms with Gasteiger partial charge < -0.3 is 15.7 Å². The van der Waals surface area contributed by atoms with Crippen LogP contribution in [0.1, 0.15) is 15.9 Å². The minimum atomic E-state index is -4.83. The number of carbonyl (C=O) groups is 1. The molecule has 0 fully saturated rings. The second-order valence-electron chi connectivity index (χ2n) is 6.25. The molecule has 0 aliphatic carbocycles. The van der Waals surface area contributed by atoms with E-state index in [0.29, 0.717) is 17.3 Å². The molecule has 0 atom stereocenters. The van der Waals surface area contributed by atoms with Crippen molar-refractivity contribution >= 4 is 40.4 Å². The Morgan fingerprint density at radius 3 is 2.32 bits per heavy atom. The highest BCUT2D eigenvalue weighted by Crippen LogP contribution is 2.27. The molecule has 0 aliphatic rings. The molecule has 0 saturated carbocycles. The number of halogens is 4. The van der Waals surface area contributed by atoms with Crippen LogP contribution in [-0.4, -0.2) is 33.1 Å². The van der Waals surface area contributed by atoms with Crippen LogP contribution in [0.5, 0.6) is 5.88 Å². The maximum Gasteiger partial charge on any atom is 0.432 e. The van der Waals surface area contributed by atoms with Crippen molar-refractivity contribution in [1.29, 1.82) is 5.41 Å². The average molecular weight is 450 g/mol. The predicted octanol–water partition coefficient (Wildman–Crippen LogP) is 5.06. The highest BCUT2D eigenvalue weighted by Gasteiger charge is 2.33. The molecule has 3 rings (SSSR count). The molecule has 0 aliphatic heterocycles. The van der Waals surface area contributed by atoms with Gasteiger partial charge in [0.05, 0.1) is 10.7 Å². The number of benzene rings is 2. The quantitative estimate of drug-likeness (QED) is 0.338. The number of rotatable bonds is 6. The molecule has 31 heavy (non-hydrogen) atoms. The molecule has 2 aromatic carbocycles. The first-order valence-corrected chi connectivity index (χ1v) is 9.06. The molecule has 160 valence electrons. The number of aromatic hydroxyl groups is 1. The number of aromatic nitrogens is 2. The van der Waals surface area contributed by atoms with Gasteiger partial charge in [-0.05, 0) is 35.9 Å². The fourth-order valence-electron chi connectivity index (χ4n) is 2.50. The average Bonchev–Trinajstić information content (AvgIpc) is 3.13. The van der Waals surface area contributed by atoms with Crippen LogP contribution in [0, 0.1) is 5.41 Å². The van der Waals surface area contributed by atoms with Gasteiger partial charge in [0, 0.05) is 17.3 Å². The normalized spacial score (nSPS) is 11.8. The molecule has 1 amide bonds. The van der Waals surface area contributed by atoms with Crippen molar-refractivity contribution in [3.05, 3.63) is 76.8 Å². The van der Waals surface area contributed by atoms with Crippen LogP contribution in [0.4, 0.5) is 24.7 Å². The van der Waals surface area contributed by atoms with E-state index in [-0.39, 0.29) is 28.0 Å². The summed E-state index contributed by atoms with van der Waals surface area (Å²) < 4.78 is 38.8. The van der Waals surface area contributed by atoms with E-state index < -0.39 is 17.8 Å². The van der Waals surface area contributed by atoms with Crippen molar-refractivity contribution in [1.82, 2.24) is 10.2 Å². The Morgan fingerprint density at radius 2 is 1.74 bits per heavy atom. The molecule has 0 saturated heterocycles. The maximum absolute atomic E-state index is 12.9. The van der Waals surface area contributed by atoms with Crippen molar-refractivity contribution in [2.24, 2.45) is 0 Å². The third kappa shape index (κ3) is 5.64. The van der Waals surface area contributed by atoms with E-state index in [1.165, 1.54) is 30.3 Å². The first kappa shape index (κ1) is 21.9. The minimum Gasteiger partial charge on any atom is -0.492 e. The highest BCUT2D eigenvalue weighted by atomic mass is 35.5. The van der Waals surface area contributed by atoms with Gasteiger partial charge in [-0.3, -0.25) is 15.3 Å². The van der Waals surface area contributed by atoms with Crippen molar-refractivity contribution < 1.29 is 23.1 Å². The summed E-state index contributed by atoms with van der Waals surface area (Å²) in [5.74, 6) is -0.646. The Morgan fingerprint density at radius 1 is 1.10 bits per heavy atom. The third-order valence-corrected chi connectivity index (χ3v) is 4.34. The number of hydrogen-bond acceptors (Lipinski definition) is 5. The molecular weight excluding hydrogens is 435 g/mol. The lowest BCUT2D eigenvalue weighted by Crippen LogP contribution is -2.20. The molecule has 7 nitrogen and oxygen atoms in total. The number of nitrogens with zero attached hydrogens (tertiary/aromatic N) is 1. The van der Waals surface area contributed by atoms with Crippen LogP contribution in [-0.2, 0) is 0 Å². The summed E-state index contributed by atoms with van der Waals surface area (Å²) in [7, 11) is 0. The standard InChI is InChI=1S/C20H15ClF3N5O2/c21-13-3-1-2-4-14(13)26-15(9-16(25)20(22,23)24)11-5-7-12(8-6-11)19(31)27-17-10-18(30)29-28-17/h1-10,25-26H,(H3,27,28,29,30,31)/b15-9-,25-16?. The van der Waals surface area contributed by atoms with Crippen LogP contribution in [0.25, 0.3) is 5.70 Å². The third-order valence-electron chi connectivity index (χ3n) is 4.01. The maximum atomic E-state index is 12.9. The monoisotopic (exact) mass is 449 g/mol. The summed E-state index contributed by atoms with van der Waals surface area (Å²) in [4.78, 5) is 12.3. The largest absolute Gasteiger partial charge is 0.492 e. The van der Waals surface area contributed by atoms with Crippen LogP contribution < -0.4 is 10.6 Å². The SMILES string of the molecule is N=C(/C=C(\Nc1ccccc1Cl)c1ccc(C(=O)Nc2cc(O)n[nH]2)cc1)C(F)(F)F. The van der Waals surface area contributed by atoms with Gasteiger partial charge in [-0.25, -0.2) is 0 Å². The number of anilines is 2. The van der Waals surface area contributed by atoms with Gasteiger partial charge in [-0.15, -0.1) is 5.10 Å². The Labute approximate surface area is 179 Å². The lowest BCUT2D eigenvalue weighted by Gasteiger charge is -2.15. The van der Waals surface area contributed by atoms with Gasteiger partial charge in [0.1, 0.15) is 11.5 Å².